The highest BCUT2D eigenvalue weighted by molar-refractivity contribution is 6.07. The van der Waals surface area contributed by atoms with Crippen molar-refractivity contribution in [2.75, 3.05) is 56.6 Å². The summed E-state index contributed by atoms with van der Waals surface area (Å²) < 4.78 is 5.98. The number of carbonyl (C=O) groups excluding carboxylic acids is 1. The molecule has 3 N–H and O–H groups in total. The first-order valence-electron chi connectivity index (χ1n) is 13.6. The van der Waals surface area contributed by atoms with Gasteiger partial charge in [0.1, 0.15) is 17.1 Å². The summed E-state index contributed by atoms with van der Waals surface area (Å²) in [5.74, 6) is 1.63. The van der Waals surface area contributed by atoms with Gasteiger partial charge in [-0.3, -0.25) is 9.69 Å². The van der Waals surface area contributed by atoms with E-state index in [1.807, 2.05) is 13.8 Å². The van der Waals surface area contributed by atoms with Gasteiger partial charge >= 0.3 is 0 Å². The van der Waals surface area contributed by atoms with E-state index < -0.39 is 5.41 Å². The molecule has 8 nitrogen and oxygen atoms in total. The Bertz CT molecular complexity index is 1240. The first-order chi connectivity index (χ1) is 17.5. The highest BCUT2D eigenvalue weighted by Gasteiger charge is 2.28. The lowest BCUT2D eigenvalue weighted by Crippen LogP contribution is -2.49. The molecule has 0 saturated carbocycles. The molecule has 1 aromatic carbocycles. The molecule has 1 fully saturated rings. The molecule has 0 radical (unpaired) electrons. The largest absolute Gasteiger partial charge is 0.382 e. The maximum Gasteiger partial charge on any atom is 0.152 e. The van der Waals surface area contributed by atoms with E-state index in [1.165, 1.54) is 5.69 Å². The van der Waals surface area contributed by atoms with Crippen molar-refractivity contribution in [2.45, 2.75) is 60.8 Å². The molecule has 0 unspecified atom stereocenters. The Kier molecular flexibility index (Phi) is 8.09. The first kappa shape index (κ1) is 27.3. The molecule has 202 valence electrons. The first-order valence-corrected chi connectivity index (χ1v) is 13.6. The van der Waals surface area contributed by atoms with Crippen LogP contribution in [0.25, 0.3) is 21.9 Å². The number of piperazine rings is 1. The van der Waals surface area contributed by atoms with Gasteiger partial charge in [0.2, 0.25) is 0 Å². The molecule has 0 amide bonds. The number of nitrogens with one attached hydrogen (secondary N) is 1. The summed E-state index contributed by atoms with van der Waals surface area (Å²) in [4.78, 5) is 29.6. The minimum Gasteiger partial charge on any atom is -0.382 e. The number of unbranched alkanes of at least 4 members (excludes halogenated alkanes) is 1. The van der Waals surface area contributed by atoms with E-state index in [0.717, 1.165) is 79.7 Å². The van der Waals surface area contributed by atoms with Gasteiger partial charge in [-0.25, -0.2) is 9.97 Å². The van der Waals surface area contributed by atoms with Crippen LogP contribution in [0.3, 0.4) is 0 Å². The van der Waals surface area contributed by atoms with Crippen molar-refractivity contribution in [3.05, 3.63) is 24.0 Å². The van der Waals surface area contributed by atoms with E-state index in [1.54, 1.807) is 6.92 Å². The van der Waals surface area contributed by atoms with Crippen molar-refractivity contribution < 1.29 is 9.53 Å². The average molecular weight is 509 g/mol. The van der Waals surface area contributed by atoms with Crippen LogP contribution in [0.4, 0.5) is 11.5 Å². The SMILES string of the molecule is CCCCc1nc2c(N)nc3ccc(N4CCN(CC(C)(C)COCC(C)(C)C(C)=O)CC4)cc3c2[nH]1. The summed E-state index contributed by atoms with van der Waals surface area (Å²) >= 11 is 0. The fourth-order valence-corrected chi connectivity index (χ4v) is 4.97. The fourth-order valence-electron chi connectivity index (χ4n) is 4.97. The van der Waals surface area contributed by atoms with Crippen molar-refractivity contribution in [1.29, 1.82) is 0 Å². The monoisotopic (exact) mass is 508 g/mol. The van der Waals surface area contributed by atoms with Crippen molar-refractivity contribution in [3.63, 3.8) is 0 Å². The molecule has 1 aliphatic rings. The Morgan fingerprint density at radius 1 is 1.11 bits per heavy atom. The summed E-state index contributed by atoms with van der Waals surface area (Å²) in [6.45, 7) is 18.2. The minimum absolute atomic E-state index is 0.0191. The van der Waals surface area contributed by atoms with E-state index in [9.17, 15) is 4.79 Å². The normalized spacial score (nSPS) is 15.7. The van der Waals surface area contributed by atoms with E-state index >= 15 is 0 Å². The van der Waals surface area contributed by atoms with Crippen molar-refractivity contribution in [2.24, 2.45) is 10.8 Å². The van der Waals surface area contributed by atoms with Gasteiger partial charge in [-0.15, -0.1) is 0 Å². The fraction of sp³-hybridized carbons (Fsp3) is 0.621. The van der Waals surface area contributed by atoms with E-state index in [-0.39, 0.29) is 11.2 Å². The number of ketones is 1. The molecule has 0 atom stereocenters. The molecule has 3 heterocycles. The lowest BCUT2D eigenvalue weighted by Gasteiger charge is -2.40. The Balaban J connectivity index is 1.39. The number of imidazole rings is 1. The van der Waals surface area contributed by atoms with Gasteiger partial charge in [-0.05, 0) is 31.5 Å². The molecule has 0 bridgehead atoms. The van der Waals surface area contributed by atoms with Crippen LogP contribution in [0.1, 0.15) is 60.2 Å². The predicted octanol–water partition coefficient (Wildman–Crippen LogP) is 4.82. The number of ether oxygens (including phenoxy) is 1. The number of hydrogen-bond acceptors (Lipinski definition) is 7. The summed E-state index contributed by atoms with van der Waals surface area (Å²) in [6, 6.07) is 6.46. The number of carbonyl (C=O) groups is 1. The van der Waals surface area contributed by atoms with E-state index in [0.29, 0.717) is 19.0 Å². The zero-order valence-electron chi connectivity index (χ0n) is 23.5. The molecule has 8 heteroatoms. The molecule has 1 saturated heterocycles. The standard InChI is InChI=1S/C29H44N6O2/c1-7-8-9-24-32-25-22-16-21(10-11-23(22)31-27(30)26(25)33-24)35-14-12-34(13-15-35)17-28(3,4)18-37-19-29(5,6)20(2)36/h10-11,16H,7-9,12-15,17-19H2,1-6H3,(H2,30,31)(H,32,33). The third kappa shape index (κ3) is 6.41. The molecule has 0 aliphatic carbocycles. The third-order valence-corrected chi connectivity index (χ3v) is 7.55. The zero-order valence-corrected chi connectivity index (χ0v) is 23.5. The lowest BCUT2D eigenvalue weighted by molar-refractivity contribution is -0.128. The maximum absolute atomic E-state index is 11.8. The highest BCUT2D eigenvalue weighted by Crippen LogP contribution is 2.31. The van der Waals surface area contributed by atoms with Crippen LogP contribution < -0.4 is 10.6 Å². The number of benzene rings is 1. The van der Waals surface area contributed by atoms with Gasteiger partial charge in [0.25, 0.3) is 0 Å². The Morgan fingerprint density at radius 2 is 1.84 bits per heavy atom. The van der Waals surface area contributed by atoms with Crippen molar-refractivity contribution in [3.8, 4) is 0 Å². The lowest BCUT2D eigenvalue weighted by atomic mass is 9.89. The Morgan fingerprint density at radius 3 is 2.51 bits per heavy atom. The average Bonchev–Trinajstić information content (AvgIpc) is 3.28. The number of anilines is 2. The van der Waals surface area contributed by atoms with Gasteiger partial charge in [0.15, 0.2) is 5.82 Å². The summed E-state index contributed by atoms with van der Waals surface area (Å²) in [7, 11) is 0. The van der Waals surface area contributed by atoms with E-state index in [4.69, 9.17) is 15.5 Å². The zero-order chi connectivity index (χ0) is 26.8. The van der Waals surface area contributed by atoms with Crippen molar-refractivity contribution in [1.82, 2.24) is 19.9 Å². The number of fused-ring (bicyclic) bond motifs is 3. The van der Waals surface area contributed by atoms with Gasteiger partial charge in [0.05, 0.1) is 24.2 Å². The number of nitrogen functional groups attached to an aromatic ring is 1. The maximum atomic E-state index is 11.8. The molecular formula is C29H44N6O2. The quantitative estimate of drug-likeness (QED) is 0.383. The number of pyridine rings is 1. The third-order valence-electron chi connectivity index (χ3n) is 7.55. The second-order valence-corrected chi connectivity index (χ2v) is 12.1. The van der Waals surface area contributed by atoms with Gasteiger partial charge in [-0.2, -0.15) is 0 Å². The number of aromatic amines is 1. The summed E-state index contributed by atoms with van der Waals surface area (Å²) in [6.07, 6.45) is 3.15. The number of nitrogens with two attached hydrogens (primary N) is 1. The highest BCUT2D eigenvalue weighted by atomic mass is 16.5. The Hall–Kier alpha value is -2.71. The number of hydrogen-bond donors (Lipinski definition) is 2. The van der Waals surface area contributed by atoms with Crippen LogP contribution in [-0.4, -0.2) is 71.6 Å². The topological polar surface area (TPSA) is 100 Å². The van der Waals surface area contributed by atoms with Crippen LogP contribution in [0, 0.1) is 10.8 Å². The van der Waals surface area contributed by atoms with Crippen LogP contribution in [0.15, 0.2) is 18.2 Å². The predicted molar refractivity (Wildman–Crippen MR) is 152 cm³/mol. The molecule has 3 aromatic rings. The van der Waals surface area contributed by atoms with Gasteiger partial charge in [-0.1, -0.05) is 41.0 Å². The number of H-pyrrole nitrogens is 1. The molecule has 37 heavy (non-hydrogen) atoms. The van der Waals surface area contributed by atoms with Gasteiger partial charge in [0, 0.05) is 61.0 Å². The number of aryl methyl sites for hydroxylation is 1. The van der Waals surface area contributed by atoms with Crippen LogP contribution in [-0.2, 0) is 16.0 Å². The molecular weight excluding hydrogens is 464 g/mol. The minimum atomic E-state index is -0.429. The van der Waals surface area contributed by atoms with Crippen LogP contribution >= 0.6 is 0 Å². The van der Waals surface area contributed by atoms with E-state index in [2.05, 4.69) is 58.7 Å². The van der Waals surface area contributed by atoms with Crippen LogP contribution in [0.5, 0.6) is 0 Å². The molecule has 4 rings (SSSR count). The molecule has 1 aliphatic heterocycles. The second kappa shape index (κ2) is 11.0. The molecule has 2 aromatic heterocycles. The van der Waals surface area contributed by atoms with Gasteiger partial charge < -0.3 is 20.4 Å². The molecule has 0 spiro atoms. The van der Waals surface area contributed by atoms with Crippen molar-refractivity contribution >= 4 is 39.2 Å². The number of nitrogens with zero attached hydrogens (tertiary/aromatic N) is 4. The van der Waals surface area contributed by atoms with Crippen LogP contribution in [0.2, 0.25) is 0 Å². The Labute approximate surface area is 221 Å². The summed E-state index contributed by atoms with van der Waals surface area (Å²) in [5.41, 5.74) is 9.70. The smallest absolute Gasteiger partial charge is 0.152 e. The number of aromatic nitrogens is 3. The second-order valence-electron chi connectivity index (χ2n) is 12.1. The number of Topliss-reactive ketones (excluding diaryl/α,β-unsaturated/α-hetero) is 1. The summed E-state index contributed by atoms with van der Waals surface area (Å²) in [5, 5.41) is 1.08. The number of rotatable bonds is 11.